The van der Waals surface area contributed by atoms with Gasteiger partial charge in [-0.15, -0.1) is 11.3 Å². The smallest absolute Gasteiger partial charge is 0.174 e. The zero-order valence-corrected chi connectivity index (χ0v) is 12.4. The van der Waals surface area contributed by atoms with E-state index in [-0.39, 0.29) is 0 Å². The quantitative estimate of drug-likeness (QED) is 0.742. The summed E-state index contributed by atoms with van der Waals surface area (Å²) in [5.41, 5.74) is 1.49. The highest BCUT2D eigenvalue weighted by atomic mass is 35.5. The number of nitrogens with zero attached hydrogens (tertiary/aromatic N) is 4. The summed E-state index contributed by atoms with van der Waals surface area (Å²) in [5.74, 6) is 0.752. The Morgan fingerprint density at radius 2 is 2.11 bits per heavy atom. The van der Waals surface area contributed by atoms with Crippen LogP contribution in [0.3, 0.4) is 0 Å². The molecule has 0 atom stereocenters. The summed E-state index contributed by atoms with van der Waals surface area (Å²) in [6.07, 6.45) is 3.37. The summed E-state index contributed by atoms with van der Waals surface area (Å²) in [4.78, 5) is 8.70. The third-order valence-corrected chi connectivity index (χ3v) is 4.33. The van der Waals surface area contributed by atoms with Crippen LogP contribution in [-0.2, 0) is 12.8 Å². The lowest BCUT2D eigenvalue weighted by atomic mass is 10.3. The van der Waals surface area contributed by atoms with Crippen LogP contribution in [0.15, 0.2) is 17.6 Å². The molecule has 0 fully saturated rings. The Kier molecular flexibility index (Phi) is 3.43. The average Bonchev–Trinajstić information content (AvgIpc) is 3.03. The van der Waals surface area contributed by atoms with Crippen LogP contribution < -0.4 is 0 Å². The second-order valence-electron chi connectivity index (χ2n) is 4.11. The maximum atomic E-state index is 6.13. The molecule has 98 valence electrons. The normalized spacial score (nSPS) is 11.3. The molecule has 0 radical (unpaired) electrons. The minimum absolute atomic E-state index is 0.517. The van der Waals surface area contributed by atoms with Crippen molar-refractivity contribution < 1.29 is 0 Å². The van der Waals surface area contributed by atoms with E-state index in [0.717, 1.165) is 29.4 Å². The lowest BCUT2D eigenvalue weighted by Crippen LogP contribution is -1.96. The minimum atomic E-state index is 0.517. The SMILES string of the molecule is Cc1c(Cl)cc(Cl)c2nc(CCc3nccs3)nn12. The topological polar surface area (TPSA) is 43.1 Å². The maximum absolute atomic E-state index is 6.13. The van der Waals surface area contributed by atoms with E-state index < -0.39 is 0 Å². The molecular weight excluding hydrogens is 303 g/mol. The van der Waals surface area contributed by atoms with Gasteiger partial charge in [0.2, 0.25) is 0 Å². The molecule has 0 N–H and O–H groups in total. The standard InChI is InChI=1S/C12H10Cl2N4S/c1-7-8(13)6-9(14)12-16-10(17-18(7)12)2-3-11-15-4-5-19-11/h4-6H,2-3H2,1H3. The Morgan fingerprint density at radius 1 is 1.26 bits per heavy atom. The van der Waals surface area contributed by atoms with Crippen LogP contribution >= 0.6 is 34.5 Å². The fourth-order valence-electron chi connectivity index (χ4n) is 1.83. The molecule has 0 aliphatic rings. The zero-order valence-electron chi connectivity index (χ0n) is 10.1. The summed E-state index contributed by atoms with van der Waals surface area (Å²) in [6.45, 7) is 1.89. The molecule has 4 nitrogen and oxygen atoms in total. The number of hydrogen-bond acceptors (Lipinski definition) is 4. The molecule has 0 amide bonds. The number of aryl methyl sites for hydroxylation is 3. The minimum Gasteiger partial charge on any atom is -0.250 e. The Bertz CT molecular complexity index is 721. The number of fused-ring (bicyclic) bond motifs is 1. The fourth-order valence-corrected chi connectivity index (χ4v) is 2.92. The second kappa shape index (κ2) is 5.07. The van der Waals surface area contributed by atoms with Gasteiger partial charge < -0.3 is 0 Å². The highest BCUT2D eigenvalue weighted by Gasteiger charge is 2.12. The van der Waals surface area contributed by atoms with Gasteiger partial charge in [0.15, 0.2) is 11.5 Å². The van der Waals surface area contributed by atoms with E-state index in [9.17, 15) is 0 Å². The molecule has 7 heteroatoms. The number of pyridine rings is 1. The van der Waals surface area contributed by atoms with Crippen LogP contribution in [0, 0.1) is 6.92 Å². The number of hydrogen-bond donors (Lipinski definition) is 0. The van der Waals surface area contributed by atoms with Crippen molar-refractivity contribution in [1.29, 1.82) is 0 Å². The Labute approximate surface area is 124 Å². The van der Waals surface area contributed by atoms with E-state index in [4.69, 9.17) is 23.2 Å². The lowest BCUT2D eigenvalue weighted by molar-refractivity contribution is 0.820. The van der Waals surface area contributed by atoms with Crippen molar-refractivity contribution in [2.75, 3.05) is 0 Å². The molecule has 3 rings (SSSR count). The van der Waals surface area contributed by atoms with Gasteiger partial charge in [-0.1, -0.05) is 23.2 Å². The van der Waals surface area contributed by atoms with Crippen LogP contribution in [-0.4, -0.2) is 19.6 Å². The molecule has 19 heavy (non-hydrogen) atoms. The Hall–Kier alpha value is -1.17. The first kappa shape index (κ1) is 12.8. The van der Waals surface area contributed by atoms with Gasteiger partial charge in [-0.2, -0.15) is 5.10 Å². The highest BCUT2D eigenvalue weighted by molar-refractivity contribution is 7.09. The van der Waals surface area contributed by atoms with E-state index in [2.05, 4.69) is 15.1 Å². The fraction of sp³-hybridized carbons (Fsp3) is 0.250. The number of rotatable bonds is 3. The van der Waals surface area contributed by atoms with Crippen molar-refractivity contribution in [2.45, 2.75) is 19.8 Å². The molecule has 0 saturated carbocycles. The predicted octanol–water partition coefficient (Wildman–Crippen LogP) is 3.59. The van der Waals surface area contributed by atoms with E-state index in [1.165, 1.54) is 0 Å². The predicted molar refractivity (Wildman–Crippen MR) is 77.3 cm³/mol. The first-order chi connectivity index (χ1) is 9.15. The first-order valence-electron chi connectivity index (χ1n) is 5.74. The van der Waals surface area contributed by atoms with Crippen molar-refractivity contribution in [3.63, 3.8) is 0 Å². The molecule has 3 aromatic heterocycles. The lowest BCUT2D eigenvalue weighted by Gasteiger charge is -2.01. The largest absolute Gasteiger partial charge is 0.250 e. The third kappa shape index (κ3) is 2.45. The highest BCUT2D eigenvalue weighted by Crippen LogP contribution is 2.24. The summed E-state index contributed by atoms with van der Waals surface area (Å²) < 4.78 is 1.70. The molecule has 0 saturated heterocycles. The molecule has 0 aliphatic heterocycles. The third-order valence-electron chi connectivity index (χ3n) is 2.83. The van der Waals surface area contributed by atoms with Gasteiger partial charge in [-0.3, -0.25) is 0 Å². The van der Waals surface area contributed by atoms with Crippen molar-refractivity contribution in [3.8, 4) is 0 Å². The van der Waals surface area contributed by atoms with Gasteiger partial charge >= 0.3 is 0 Å². The van der Waals surface area contributed by atoms with E-state index in [1.54, 1.807) is 28.1 Å². The van der Waals surface area contributed by atoms with Gasteiger partial charge in [-0.05, 0) is 13.0 Å². The van der Waals surface area contributed by atoms with Gasteiger partial charge in [-0.25, -0.2) is 14.5 Å². The van der Waals surface area contributed by atoms with Crippen molar-refractivity contribution in [2.24, 2.45) is 0 Å². The van der Waals surface area contributed by atoms with E-state index >= 15 is 0 Å². The van der Waals surface area contributed by atoms with Crippen LogP contribution in [0.2, 0.25) is 10.0 Å². The maximum Gasteiger partial charge on any atom is 0.174 e. The van der Waals surface area contributed by atoms with E-state index in [0.29, 0.717) is 15.7 Å². The van der Waals surface area contributed by atoms with Gasteiger partial charge in [0.25, 0.3) is 0 Å². The number of thiazole rings is 1. The molecule has 0 spiro atoms. The molecule has 0 bridgehead atoms. The zero-order chi connectivity index (χ0) is 13.4. The Morgan fingerprint density at radius 3 is 2.84 bits per heavy atom. The summed E-state index contributed by atoms with van der Waals surface area (Å²) in [5, 5.41) is 8.60. The van der Waals surface area contributed by atoms with Crippen molar-refractivity contribution in [1.82, 2.24) is 19.6 Å². The first-order valence-corrected chi connectivity index (χ1v) is 7.37. The van der Waals surface area contributed by atoms with Crippen LogP contribution in [0.5, 0.6) is 0 Å². The molecular formula is C12H10Cl2N4S. The molecule has 3 heterocycles. The van der Waals surface area contributed by atoms with Crippen molar-refractivity contribution >= 4 is 40.2 Å². The number of halogens is 2. The number of aromatic nitrogens is 4. The molecule has 0 unspecified atom stereocenters. The molecule has 3 aromatic rings. The van der Waals surface area contributed by atoms with Gasteiger partial charge in [0.05, 0.1) is 20.7 Å². The van der Waals surface area contributed by atoms with Gasteiger partial charge in [0.1, 0.15) is 0 Å². The summed E-state index contributed by atoms with van der Waals surface area (Å²) in [6, 6.07) is 1.70. The Balaban J connectivity index is 1.93. The summed E-state index contributed by atoms with van der Waals surface area (Å²) >= 11 is 13.8. The average molecular weight is 313 g/mol. The summed E-state index contributed by atoms with van der Waals surface area (Å²) in [7, 11) is 0. The van der Waals surface area contributed by atoms with Gasteiger partial charge in [0, 0.05) is 24.4 Å². The molecule has 0 aromatic carbocycles. The monoisotopic (exact) mass is 312 g/mol. The second-order valence-corrected chi connectivity index (χ2v) is 5.91. The molecule has 0 aliphatic carbocycles. The van der Waals surface area contributed by atoms with Crippen LogP contribution in [0.25, 0.3) is 5.65 Å². The van der Waals surface area contributed by atoms with Crippen molar-refractivity contribution in [3.05, 3.63) is 44.2 Å². The van der Waals surface area contributed by atoms with Crippen LogP contribution in [0.4, 0.5) is 0 Å². The van der Waals surface area contributed by atoms with E-state index in [1.807, 2.05) is 12.3 Å². The van der Waals surface area contributed by atoms with Crippen LogP contribution in [0.1, 0.15) is 16.5 Å².